The van der Waals surface area contributed by atoms with Gasteiger partial charge in [0.05, 0.1) is 12.8 Å². The van der Waals surface area contributed by atoms with Crippen LogP contribution in [-0.2, 0) is 21.4 Å². The second kappa shape index (κ2) is 11.4. The lowest BCUT2D eigenvalue weighted by atomic mass is 10.1. The molecule has 1 saturated heterocycles. The van der Waals surface area contributed by atoms with Gasteiger partial charge in [-0.05, 0) is 67.3 Å². The molecule has 0 atom stereocenters. The minimum Gasteiger partial charge on any atom is -0.495 e. The average molecular weight is 522 g/mol. The first kappa shape index (κ1) is 26.7. The Labute approximate surface area is 220 Å². The largest absolute Gasteiger partial charge is 0.495 e. The fourth-order valence-corrected chi connectivity index (χ4v) is 6.17. The fourth-order valence-electron chi connectivity index (χ4n) is 4.52. The normalized spacial score (nSPS) is 14.4. The number of hydrogen-bond donors (Lipinski definition) is 0. The molecule has 0 aliphatic carbocycles. The Hall–Kier alpha value is -3.36. The van der Waals surface area contributed by atoms with E-state index in [0.717, 1.165) is 36.3 Å². The highest BCUT2D eigenvalue weighted by atomic mass is 32.2. The maximum absolute atomic E-state index is 14.0. The number of sulfonamides is 1. The van der Waals surface area contributed by atoms with Crippen molar-refractivity contribution in [2.45, 2.75) is 32.2 Å². The summed E-state index contributed by atoms with van der Waals surface area (Å²) in [7, 11) is -2.64. The van der Waals surface area contributed by atoms with E-state index in [9.17, 15) is 13.2 Å². The average Bonchev–Trinajstić information content (AvgIpc) is 2.89. The monoisotopic (exact) mass is 521 g/mol. The van der Waals surface area contributed by atoms with Crippen LogP contribution in [0, 0.1) is 20.8 Å². The van der Waals surface area contributed by atoms with Crippen molar-refractivity contribution >= 4 is 21.6 Å². The van der Waals surface area contributed by atoms with E-state index in [-0.39, 0.29) is 23.1 Å². The summed E-state index contributed by atoms with van der Waals surface area (Å²) < 4.78 is 34.6. The van der Waals surface area contributed by atoms with Gasteiger partial charge >= 0.3 is 0 Å². The van der Waals surface area contributed by atoms with E-state index in [0.29, 0.717) is 18.8 Å². The van der Waals surface area contributed by atoms with Crippen LogP contribution in [0.1, 0.15) is 22.3 Å². The summed E-state index contributed by atoms with van der Waals surface area (Å²) in [5.41, 5.74) is 4.50. The molecule has 1 fully saturated rings. The van der Waals surface area contributed by atoms with Crippen molar-refractivity contribution < 1.29 is 17.9 Å². The third kappa shape index (κ3) is 6.14. The maximum Gasteiger partial charge on any atom is 0.268 e. The number of carbonyl (C=O) groups excluding carboxylic acids is 1. The summed E-state index contributed by atoms with van der Waals surface area (Å²) in [6.07, 6.45) is 0. The Kier molecular flexibility index (Phi) is 8.19. The van der Waals surface area contributed by atoms with Gasteiger partial charge < -0.3 is 9.64 Å². The first-order valence-corrected chi connectivity index (χ1v) is 13.9. The topological polar surface area (TPSA) is 70.2 Å². The molecule has 7 nitrogen and oxygen atoms in total. The lowest BCUT2D eigenvalue weighted by Crippen LogP contribution is -2.51. The molecule has 3 aromatic rings. The third-order valence-electron chi connectivity index (χ3n) is 6.92. The molecule has 1 heterocycles. The van der Waals surface area contributed by atoms with Gasteiger partial charge in [-0.1, -0.05) is 42.5 Å². The highest BCUT2D eigenvalue weighted by Crippen LogP contribution is 2.32. The molecule has 0 unspecified atom stereocenters. The van der Waals surface area contributed by atoms with Crippen molar-refractivity contribution in [1.29, 1.82) is 0 Å². The van der Waals surface area contributed by atoms with Gasteiger partial charge in [0.15, 0.2) is 0 Å². The van der Waals surface area contributed by atoms with Crippen LogP contribution < -0.4 is 9.04 Å². The van der Waals surface area contributed by atoms with Crippen molar-refractivity contribution in [3.8, 4) is 5.75 Å². The Morgan fingerprint density at radius 1 is 0.892 bits per heavy atom. The SMILES string of the molecule is COc1ccc(C)cc1S(=O)(=O)N(CC(=O)N1CCN(Cc2ccccc2)CC1)c1ccc(C)c(C)c1. The minimum atomic E-state index is -4.08. The van der Waals surface area contributed by atoms with Crippen LogP contribution in [0.25, 0.3) is 0 Å². The highest BCUT2D eigenvalue weighted by molar-refractivity contribution is 7.93. The molecule has 0 aromatic heterocycles. The van der Waals surface area contributed by atoms with Crippen LogP contribution in [0.2, 0.25) is 0 Å². The third-order valence-corrected chi connectivity index (χ3v) is 8.71. The van der Waals surface area contributed by atoms with Crippen molar-refractivity contribution in [2.75, 3.05) is 44.1 Å². The standard InChI is InChI=1S/C29H35N3O4S/c1-22-10-13-27(36-4)28(18-22)37(34,35)32(26-12-11-23(2)24(3)19-26)21-29(33)31-16-14-30(15-17-31)20-25-8-6-5-7-9-25/h5-13,18-19H,14-17,20-21H2,1-4H3. The summed E-state index contributed by atoms with van der Waals surface area (Å²) in [5.74, 6) is 0.0363. The molecule has 1 aliphatic heterocycles. The molecule has 1 aliphatic rings. The summed E-state index contributed by atoms with van der Waals surface area (Å²) >= 11 is 0. The van der Waals surface area contributed by atoms with Gasteiger partial charge in [0.1, 0.15) is 17.2 Å². The molecule has 0 radical (unpaired) electrons. The second-order valence-electron chi connectivity index (χ2n) is 9.58. The molecule has 8 heteroatoms. The minimum absolute atomic E-state index is 0.0497. The first-order valence-electron chi connectivity index (χ1n) is 12.5. The van der Waals surface area contributed by atoms with Crippen molar-refractivity contribution in [1.82, 2.24) is 9.80 Å². The number of methoxy groups -OCH3 is 1. The van der Waals surface area contributed by atoms with Gasteiger partial charge in [-0.25, -0.2) is 8.42 Å². The smallest absolute Gasteiger partial charge is 0.268 e. The Morgan fingerprint density at radius 2 is 1.59 bits per heavy atom. The fraction of sp³-hybridized carbons (Fsp3) is 0.345. The molecule has 0 saturated carbocycles. The van der Waals surface area contributed by atoms with Crippen molar-refractivity contribution in [2.24, 2.45) is 0 Å². The van der Waals surface area contributed by atoms with Gasteiger partial charge in [0, 0.05) is 32.7 Å². The van der Waals surface area contributed by atoms with E-state index in [1.807, 2.05) is 51.1 Å². The number of carbonyl (C=O) groups is 1. The molecule has 196 valence electrons. The molecule has 0 bridgehead atoms. The Bertz CT molecular complexity index is 1350. The van der Waals surface area contributed by atoms with E-state index < -0.39 is 10.0 Å². The van der Waals surface area contributed by atoms with Crippen LogP contribution in [0.3, 0.4) is 0 Å². The maximum atomic E-state index is 14.0. The number of anilines is 1. The number of nitrogens with zero attached hydrogens (tertiary/aromatic N) is 3. The predicted octanol–water partition coefficient (Wildman–Crippen LogP) is 4.16. The number of piperazine rings is 1. The van der Waals surface area contributed by atoms with Crippen LogP contribution in [0.15, 0.2) is 71.6 Å². The lowest BCUT2D eigenvalue weighted by Gasteiger charge is -2.36. The molecular weight excluding hydrogens is 486 g/mol. The number of amides is 1. The van der Waals surface area contributed by atoms with Crippen LogP contribution in [0.4, 0.5) is 5.69 Å². The van der Waals surface area contributed by atoms with Crippen LogP contribution in [0.5, 0.6) is 5.75 Å². The number of hydrogen-bond acceptors (Lipinski definition) is 5. The zero-order valence-corrected chi connectivity index (χ0v) is 22.8. The quantitative estimate of drug-likeness (QED) is 0.445. The van der Waals surface area contributed by atoms with E-state index in [2.05, 4.69) is 17.0 Å². The molecule has 0 N–H and O–H groups in total. The number of aryl methyl sites for hydroxylation is 3. The number of rotatable bonds is 8. The zero-order chi connectivity index (χ0) is 26.6. The van der Waals surface area contributed by atoms with Gasteiger partial charge in [-0.2, -0.15) is 0 Å². The van der Waals surface area contributed by atoms with Gasteiger partial charge in [0.2, 0.25) is 5.91 Å². The van der Waals surface area contributed by atoms with E-state index in [1.165, 1.54) is 17.0 Å². The van der Waals surface area contributed by atoms with Crippen LogP contribution >= 0.6 is 0 Å². The summed E-state index contributed by atoms with van der Waals surface area (Å²) in [6.45, 7) is 8.89. The predicted molar refractivity (Wildman–Crippen MR) is 146 cm³/mol. The van der Waals surface area contributed by atoms with Gasteiger partial charge in [-0.3, -0.25) is 14.0 Å². The molecular formula is C29H35N3O4S. The molecule has 4 rings (SSSR count). The Balaban J connectivity index is 1.57. The molecule has 0 spiro atoms. The number of benzene rings is 3. The summed E-state index contributed by atoms with van der Waals surface area (Å²) in [6, 6.07) is 20.8. The van der Waals surface area contributed by atoms with Crippen molar-refractivity contribution in [3.63, 3.8) is 0 Å². The van der Waals surface area contributed by atoms with E-state index in [4.69, 9.17) is 4.74 Å². The molecule has 37 heavy (non-hydrogen) atoms. The summed E-state index contributed by atoms with van der Waals surface area (Å²) in [5, 5.41) is 0. The lowest BCUT2D eigenvalue weighted by molar-refractivity contribution is -0.131. The van der Waals surface area contributed by atoms with E-state index >= 15 is 0 Å². The first-order chi connectivity index (χ1) is 17.7. The number of ether oxygens (including phenoxy) is 1. The molecule has 3 aromatic carbocycles. The van der Waals surface area contributed by atoms with Crippen LogP contribution in [-0.4, -0.2) is 64.0 Å². The van der Waals surface area contributed by atoms with Gasteiger partial charge in [-0.15, -0.1) is 0 Å². The molecule has 1 amide bonds. The van der Waals surface area contributed by atoms with Crippen molar-refractivity contribution in [3.05, 3.63) is 89.0 Å². The summed E-state index contributed by atoms with van der Waals surface area (Å²) in [4.78, 5) is 17.6. The van der Waals surface area contributed by atoms with Gasteiger partial charge in [0.25, 0.3) is 10.0 Å². The second-order valence-corrected chi connectivity index (χ2v) is 11.4. The Morgan fingerprint density at radius 3 is 2.24 bits per heavy atom. The highest BCUT2D eigenvalue weighted by Gasteiger charge is 2.32. The van der Waals surface area contributed by atoms with E-state index in [1.54, 1.807) is 29.2 Å². The zero-order valence-electron chi connectivity index (χ0n) is 22.0.